The molecule has 1 aromatic rings. The lowest BCUT2D eigenvalue weighted by Crippen LogP contribution is -2.49. The van der Waals surface area contributed by atoms with Crippen molar-refractivity contribution in [2.45, 2.75) is 49.1 Å². The lowest BCUT2D eigenvalue weighted by molar-refractivity contribution is 0.368. The van der Waals surface area contributed by atoms with E-state index >= 15 is 0 Å². The van der Waals surface area contributed by atoms with Gasteiger partial charge < -0.3 is 5.73 Å². The lowest BCUT2D eigenvalue weighted by atomic mass is 9.92. The molecule has 1 aliphatic carbocycles. The van der Waals surface area contributed by atoms with Gasteiger partial charge in [0.05, 0.1) is 11.2 Å². The van der Waals surface area contributed by atoms with E-state index in [9.17, 15) is 8.42 Å². The van der Waals surface area contributed by atoms with Crippen molar-refractivity contribution in [3.63, 3.8) is 0 Å². The normalized spacial score (nSPS) is 19.8. The van der Waals surface area contributed by atoms with Crippen LogP contribution in [0, 0.1) is 0 Å². The molecule has 1 fully saturated rings. The van der Waals surface area contributed by atoms with Crippen LogP contribution < -0.4 is 10.5 Å². The molecule has 1 aliphatic rings. The van der Waals surface area contributed by atoms with Crippen molar-refractivity contribution in [3.8, 4) is 0 Å². The number of rotatable bonds is 4. The average molecular weight is 321 g/mol. The van der Waals surface area contributed by atoms with Gasteiger partial charge in [-0.25, -0.2) is 13.1 Å². The first-order valence-corrected chi connectivity index (χ1v) is 8.66. The number of hydrogen-bond acceptors (Lipinski definition) is 4. The zero-order chi connectivity index (χ0) is 14.8. The molecule has 114 valence electrons. The summed E-state index contributed by atoms with van der Waals surface area (Å²) >= 11 is 5.88. The molecule has 0 saturated heterocycles. The standard InChI is InChI=1S/C12H21ClN4O2S/c1-17-11(10(13)8-15-17)20(18,19)16-9-12(14)6-4-2-3-5-7-12/h8,16H,2-7,9,14H2,1H3. The molecule has 1 aromatic heterocycles. The summed E-state index contributed by atoms with van der Waals surface area (Å²) in [7, 11) is -2.14. The Labute approximate surface area is 124 Å². The number of nitrogens with one attached hydrogen (secondary N) is 1. The third kappa shape index (κ3) is 3.52. The molecular formula is C12H21ClN4O2S. The van der Waals surface area contributed by atoms with Crippen molar-refractivity contribution in [1.82, 2.24) is 14.5 Å². The van der Waals surface area contributed by atoms with Crippen molar-refractivity contribution >= 4 is 21.6 Å². The van der Waals surface area contributed by atoms with E-state index in [0.717, 1.165) is 25.7 Å². The number of nitrogens with zero attached hydrogens (tertiary/aromatic N) is 2. The molecule has 0 unspecified atom stereocenters. The third-order valence-corrected chi connectivity index (χ3v) is 5.72. The summed E-state index contributed by atoms with van der Waals surface area (Å²) in [5.41, 5.74) is 5.85. The number of nitrogens with two attached hydrogens (primary N) is 1. The second-order valence-electron chi connectivity index (χ2n) is 5.52. The van der Waals surface area contributed by atoms with Crippen LogP contribution >= 0.6 is 11.6 Å². The highest BCUT2D eigenvalue weighted by atomic mass is 35.5. The largest absolute Gasteiger partial charge is 0.324 e. The minimum atomic E-state index is -3.69. The van der Waals surface area contributed by atoms with E-state index in [1.165, 1.54) is 23.7 Å². The van der Waals surface area contributed by atoms with Gasteiger partial charge in [0.1, 0.15) is 0 Å². The topological polar surface area (TPSA) is 90.0 Å². The van der Waals surface area contributed by atoms with Gasteiger partial charge in [-0.3, -0.25) is 4.68 Å². The zero-order valence-electron chi connectivity index (χ0n) is 11.6. The highest BCUT2D eigenvalue weighted by Gasteiger charge is 2.30. The molecule has 0 radical (unpaired) electrons. The smallest absolute Gasteiger partial charge is 0.259 e. The van der Waals surface area contributed by atoms with Crippen molar-refractivity contribution in [1.29, 1.82) is 0 Å². The summed E-state index contributed by atoms with van der Waals surface area (Å²) in [6.45, 7) is 0.233. The fourth-order valence-electron chi connectivity index (χ4n) is 2.62. The summed E-state index contributed by atoms with van der Waals surface area (Å²) in [6.07, 6.45) is 7.43. The molecule has 1 saturated carbocycles. The number of halogens is 1. The van der Waals surface area contributed by atoms with E-state index in [-0.39, 0.29) is 16.6 Å². The second kappa shape index (κ2) is 6.01. The van der Waals surface area contributed by atoms with Crippen LogP contribution in [0.2, 0.25) is 5.02 Å². The number of hydrogen-bond donors (Lipinski definition) is 2. The molecule has 6 nitrogen and oxygen atoms in total. The Morgan fingerprint density at radius 1 is 1.40 bits per heavy atom. The van der Waals surface area contributed by atoms with E-state index in [1.807, 2.05) is 0 Å². The predicted molar refractivity (Wildman–Crippen MR) is 78.0 cm³/mol. The van der Waals surface area contributed by atoms with Crippen molar-refractivity contribution < 1.29 is 8.42 Å². The molecule has 3 N–H and O–H groups in total. The fraction of sp³-hybridized carbons (Fsp3) is 0.750. The van der Waals surface area contributed by atoms with Crippen LogP contribution in [0.5, 0.6) is 0 Å². The first-order valence-electron chi connectivity index (χ1n) is 6.80. The minimum absolute atomic E-state index is 0.0172. The molecule has 20 heavy (non-hydrogen) atoms. The molecule has 1 heterocycles. The van der Waals surface area contributed by atoms with E-state index in [1.54, 1.807) is 7.05 Å². The van der Waals surface area contributed by atoms with Gasteiger partial charge in [0.15, 0.2) is 5.03 Å². The fourth-order valence-corrected chi connectivity index (χ4v) is 4.41. The van der Waals surface area contributed by atoms with Crippen LogP contribution in [0.4, 0.5) is 0 Å². The van der Waals surface area contributed by atoms with Gasteiger partial charge in [-0.05, 0) is 12.8 Å². The molecule has 0 atom stereocenters. The van der Waals surface area contributed by atoms with E-state index < -0.39 is 15.6 Å². The average Bonchev–Trinajstić information content (AvgIpc) is 2.60. The SMILES string of the molecule is Cn1ncc(Cl)c1S(=O)(=O)NCC1(N)CCCCCC1. The Balaban J connectivity index is 2.09. The summed E-state index contributed by atoms with van der Waals surface area (Å²) < 4.78 is 28.4. The van der Waals surface area contributed by atoms with Crippen LogP contribution in [0.15, 0.2) is 11.2 Å². The molecule has 2 rings (SSSR count). The van der Waals surface area contributed by atoms with Crippen LogP contribution in [0.1, 0.15) is 38.5 Å². The number of aromatic nitrogens is 2. The maximum atomic E-state index is 12.3. The maximum Gasteiger partial charge on any atom is 0.259 e. The van der Waals surface area contributed by atoms with Crippen LogP contribution in [0.25, 0.3) is 0 Å². The third-order valence-electron chi connectivity index (χ3n) is 3.81. The minimum Gasteiger partial charge on any atom is -0.324 e. The highest BCUT2D eigenvalue weighted by Crippen LogP contribution is 2.25. The number of aryl methyl sites for hydroxylation is 1. The molecular weight excluding hydrogens is 300 g/mol. The van der Waals surface area contributed by atoms with Crippen LogP contribution in [-0.2, 0) is 17.1 Å². The highest BCUT2D eigenvalue weighted by molar-refractivity contribution is 7.89. The van der Waals surface area contributed by atoms with E-state index in [2.05, 4.69) is 9.82 Å². The van der Waals surface area contributed by atoms with Gasteiger partial charge in [-0.15, -0.1) is 0 Å². The second-order valence-corrected chi connectivity index (χ2v) is 7.61. The summed E-state index contributed by atoms with van der Waals surface area (Å²) in [6, 6.07) is 0. The van der Waals surface area contributed by atoms with Gasteiger partial charge in [-0.2, -0.15) is 5.10 Å². The monoisotopic (exact) mass is 320 g/mol. The lowest BCUT2D eigenvalue weighted by Gasteiger charge is -2.28. The zero-order valence-corrected chi connectivity index (χ0v) is 13.2. The van der Waals surface area contributed by atoms with Gasteiger partial charge in [-0.1, -0.05) is 37.3 Å². The Morgan fingerprint density at radius 3 is 2.50 bits per heavy atom. The quantitative estimate of drug-likeness (QED) is 0.821. The maximum absolute atomic E-state index is 12.3. The van der Waals surface area contributed by atoms with E-state index in [4.69, 9.17) is 17.3 Å². The first kappa shape index (κ1) is 15.8. The molecule has 0 amide bonds. The van der Waals surface area contributed by atoms with Crippen molar-refractivity contribution in [3.05, 3.63) is 11.2 Å². The Hall–Kier alpha value is -0.630. The molecule has 0 aromatic carbocycles. The molecule has 8 heteroatoms. The Morgan fingerprint density at radius 2 is 2.00 bits per heavy atom. The Kier molecular flexibility index (Phi) is 4.73. The summed E-state index contributed by atoms with van der Waals surface area (Å²) in [5.74, 6) is 0. The molecule has 0 aliphatic heterocycles. The van der Waals surface area contributed by atoms with Gasteiger partial charge >= 0.3 is 0 Å². The van der Waals surface area contributed by atoms with Gasteiger partial charge in [0.2, 0.25) is 0 Å². The van der Waals surface area contributed by atoms with Crippen LogP contribution in [0.3, 0.4) is 0 Å². The van der Waals surface area contributed by atoms with Crippen molar-refractivity contribution in [2.75, 3.05) is 6.54 Å². The Bertz CT molecular complexity index is 543. The van der Waals surface area contributed by atoms with Crippen molar-refractivity contribution in [2.24, 2.45) is 12.8 Å². The number of sulfonamides is 1. The summed E-state index contributed by atoms with van der Waals surface area (Å²) in [4.78, 5) is 0. The predicted octanol–water partition coefficient (Wildman–Crippen LogP) is 1.40. The molecule has 0 spiro atoms. The first-order chi connectivity index (χ1) is 9.34. The van der Waals surface area contributed by atoms with Gasteiger partial charge in [0, 0.05) is 19.1 Å². The molecule has 0 bridgehead atoms. The van der Waals surface area contributed by atoms with E-state index in [0.29, 0.717) is 0 Å². The van der Waals surface area contributed by atoms with Gasteiger partial charge in [0.25, 0.3) is 10.0 Å². The van der Waals surface area contributed by atoms with Crippen LogP contribution in [-0.4, -0.2) is 30.3 Å². The summed E-state index contributed by atoms with van der Waals surface area (Å²) in [5, 5.41) is 3.94.